The molecule has 0 aliphatic rings. The van der Waals surface area contributed by atoms with Gasteiger partial charge in [0, 0.05) is 24.2 Å². The van der Waals surface area contributed by atoms with Crippen LogP contribution in [0, 0.1) is 0 Å². The van der Waals surface area contributed by atoms with Crippen LogP contribution in [0.2, 0.25) is 0 Å². The Hall–Kier alpha value is -3.33. The zero-order chi connectivity index (χ0) is 16.2. The second-order valence-electron chi connectivity index (χ2n) is 5.41. The third-order valence-electron chi connectivity index (χ3n) is 3.86. The van der Waals surface area contributed by atoms with Gasteiger partial charge in [0.1, 0.15) is 0 Å². The summed E-state index contributed by atoms with van der Waals surface area (Å²) in [6.07, 6.45) is 5.41. The van der Waals surface area contributed by atoms with Crippen LogP contribution in [-0.2, 0) is 0 Å². The third-order valence-corrected chi connectivity index (χ3v) is 3.86. The van der Waals surface area contributed by atoms with Gasteiger partial charge in [0.15, 0.2) is 0 Å². The van der Waals surface area contributed by atoms with E-state index in [4.69, 9.17) is 0 Å². The number of aromatic nitrogens is 3. The first-order valence-electron chi connectivity index (χ1n) is 7.80. The predicted octanol–water partition coefficient (Wildman–Crippen LogP) is 4.87. The number of hydrogen-bond acceptors (Lipinski definition) is 3. The lowest BCUT2D eigenvalue weighted by atomic mass is 10.0. The van der Waals surface area contributed by atoms with E-state index in [2.05, 4.69) is 33.2 Å². The molecule has 4 aromatic rings. The van der Waals surface area contributed by atoms with E-state index in [-0.39, 0.29) is 0 Å². The fraction of sp³-hybridized carbons (Fsp3) is 0. The van der Waals surface area contributed by atoms with Gasteiger partial charge >= 0.3 is 0 Å². The molecular formula is C21H15N3. The number of benzene rings is 1. The van der Waals surface area contributed by atoms with E-state index in [1.54, 1.807) is 12.4 Å². The van der Waals surface area contributed by atoms with Gasteiger partial charge in [-0.1, -0.05) is 36.4 Å². The summed E-state index contributed by atoms with van der Waals surface area (Å²) >= 11 is 0. The lowest BCUT2D eigenvalue weighted by Gasteiger charge is -2.09. The second-order valence-corrected chi connectivity index (χ2v) is 5.41. The Morgan fingerprint density at radius 1 is 0.500 bits per heavy atom. The van der Waals surface area contributed by atoms with Gasteiger partial charge in [-0.2, -0.15) is 0 Å². The minimum absolute atomic E-state index is 0.842. The first-order valence-corrected chi connectivity index (χ1v) is 7.80. The highest BCUT2D eigenvalue weighted by Crippen LogP contribution is 2.29. The van der Waals surface area contributed by atoms with Gasteiger partial charge in [-0.15, -0.1) is 0 Å². The van der Waals surface area contributed by atoms with E-state index in [1.807, 2.05) is 60.8 Å². The molecule has 0 bridgehead atoms. The first-order chi connectivity index (χ1) is 11.9. The van der Waals surface area contributed by atoms with Gasteiger partial charge < -0.3 is 0 Å². The molecule has 4 rings (SSSR count). The Morgan fingerprint density at radius 3 is 2.12 bits per heavy atom. The Labute approximate surface area is 140 Å². The van der Waals surface area contributed by atoms with Crippen LogP contribution in [-0.4, -0.2) is 15.0 Å². The maximum atomic E-state index is 4.56. The van der Waals surface area contributed by atoms with E-state index in [9.17, 15) is 0 Å². The highest BCUT2D eigenvalue weighted by atomic mass is 14.8. The Kier molecular flexibility index (Phi) is 3.82. The molecule has 3 heterocycles. The molecule has 3 nitrogen and oxygen atoms in total. The number of hydrogen-bond donors (Lipinski definition) is 0. The van der Waals surface area contributed by atoms with Crippen LogP contribution >= 0.6 is 0 Å². The monoisotopic (exact) mass is 309 g/mol. The molecule has 3 aromatic heterocycles. The van der Waals surface area contributed by atoms with Crippen molar-refractivity contribution in [1.29, 1.82) is 0 Å². The standard InChI is InChI=1S/C21H15N3/c1-2-7-16(8-3-1)17-11-14-23-20(15-17)21-18(9-6-13-24-21)19-10-4-5-12-22-19/h1-15H. The van der Waals surface area contributed by atoms with Crippen molar-refractivity contribution in [1.82, 2.24) is 15.0 Å². The SMILES string of the molecule is c1ccc(-c2ccnc(-c3ncccc3-c3ccccn3)c2)cc1. The lowest BCUT2D eigenvalue weighted by Crippen LogP contribution is -1.93. The van der Waals surface area contributed by atoms with Gasteiger partial charge in [-0.3, -0.25) is 15.0 Å². The molecule has 0 radical (unpaired) electrons. The summed E-state index contributed by atoms with van der Waals surface area (Å²) in [4.78, 5) is 13.5. The molecule has 0 unspecified atom stereocenters. The van der Waals surface area contributed by atoms with Gasteiger partial charge in [-0.05, 0) is 47.5 Å². The minimum Gasteiger partial charge on any atom is -0.256 e. The van der Waals surface area contributed by atoms with Crippen LogP contribution in [0.4, 0.5) is 0 Å². The molecule has 0 saturated heterocycles. The van der Waals surface area contributed by atoms with Crippen LogP contribution in [0.15, 0.2) is 91.4 Å². The maximum absolute atomic E-state index is 4.56. The van der Waals surface area contributed by atoms with Crippen molar-refractivity contribution in [2.75, 3.05) is 0 Å². The van der Waals surface area contributed by atoms with Crippen molar-refractivity contribution in [2.45, 2.75) is 0 Å². The molecule has 0 N–H and O–H groups in total. The largest absolute Gasteiger partial charge is 0.256 e. The molecule has 3 heteroatoms. The van der Waals surface area contributed by atoms with Crippen LogP contribution in [0.25, 0.3) is 33.8 Å². The fourth-order valence-corrected chi connectivity index (χ4v) is 2.71. The van der Waals surface area contributed by atoms with Crippen LogP contribution in [0.3, 0.4) is 0 Å². The average Bonchev–Trinajstić information content (AvgIpc) is 2.69. The van der Waals surface area contributed by atoms with Gasteiger partial charge in [-0.25, -0.2) is 0 Å². The van der Waals surface area contributed by atoms with Crippen LogP contribution < -0.4 is 0 Å². The average molecular weight is 309 g/mol. The van der Waals surface area contributed by atoms with E-state index in [0.29, 0.717) is 0 Å². The van der Waals surface area contributed by atoms with Crippen molar-refractivity contribution < 1.29 is 0 Å². The smallest absolute Gasteiger partial charge is 0.0980 e. The first kappa shape index (κ1) is 14.3. The molecule has 0 aliphatic heterocycles. The van der Waals surface area contributed by atoms with E-state index in [0.717, 1.165) is 33.8 Å². The number of pyridine rings is 3. The molecule has 114 valence electrons. The predicted molar refractivity (Wildman–Crippen MR) is 96.1 cm³/mol. The van der Waals surface area contributed by atoms with Crippen molar-refractivity contribution in [2.24, 2.45) is 0 Å². The summed E-state index contributed by atoms with van der Waals surface area (Å²) in [6, 6.07) is 24.2. The summed E-state index contributed by atoms with van der Waals surface area (Å²) in [6.45, 7) is 0. The summed E-state index contributed by atoms with van der Waals surface area (Å²) in [5.41, 5.74) is 5.85. The Balaban J connectivity index is 1.84. The van der Waals surface area contributed by atoms with Gasteiger partial charge in [0.2, 0.25) is 0 Å². The summed E-state index contributed by atoms with van der Waals surface area (Å²) < 4.78 is 0. The summed E-state index contributed by atoms with van der Waals surface area (Å²) in [5.74, 6) is 0. The number of nitrogens with zero attached hydrogens (tertiary/aromatic N) is 3. The van der Waals surface area contributed by atoms with Crippen LogP contribution in [0.5, 0.6) is 0 Å². The highest BCUT2D eigenvalue weighted by Gasteiger charge is 2.11. The highest BCUT2D eigenvalue weighted by molar-refractivity contribution is 5.79. The molecule has 0 aliphatic carbocycles. The zero-order valence-electron chi connectivity index (χ0n) is 13.0. The molecular weight excluding hydrogens is 294 g/mol. The van der Waals surface area contributed by atoms with Crippen molar-refractivity contribution in [3.63, 3.8) is 0 Å². The maximum Gasteiger partial charge on any atom is 0.0980 e. The summed E-state index contributed by atoms with van der Waals surface area (Å²) in [7, 11) is 0. The lowest BCUT2D eigenvalue weighted by molar-refractivity contribution is 1.23. The topological polar surface area (TPSA) is 38.7 Å². The third kappa shape index (κ3) is 2.79. The molecule has 0 atom stereocenters. The van der Waals surface area contributed by atoms with Crippen molar-refractivity contribution >= 4 is 0 Å². The molecule has 0 spiro atoms. The minimum atomic E-state index is 0.842. The molecule has 24 heavy (non-hydrogen) atoms. The van der Waals surface area contributed by atoms with Gasteiger partial charge in [0.05, 0.1) is 17.1 Å². The van der Waals surface area contributed by atoms with Crippen LogP contribution in [0.1, 0.15) is 0 Å². The number of rotatable bonds is 3. The van der Waals surface area contributed by atoms with Crippen molar-refractivity contribution in [3.05, 3.63) is 91.4 Å². The van der Waals surface area contributed by atoms with Crippen molar-refractivity contribution in [3.8, 4) is 33.8 Å². The zero-order valence-corrected chi connectivity index (χ0v) is 13.0. The molecule has 0 saturated carbocycles. The van der Waals surface area contributed by atoms with E-state index >= 15 is 0 Å². The fourth-order valence-electron chi connectivity index (χ4n) is 2.71. The quantitative estimate of drug-likeness (QED) is 0.542. The van der Waals surface area contributed by atoms with E-state index < -0.39 is 0 Å². The Morgan fingerprint density at radius 2 is 1.29 bits per heavy atom. The van der Waals surface area contributed by atoms with E-state index in [1.165, 1.54) is 0 Å². The summed E-state index contributed by atoms with van der Waals surface area (Å²) in [5, 5.41) is 0. The Bertz CT molecular complexity index is 951. The molecule has 1 aromatic carbocycles. The second kappa shape index (κ2) is 6.42. The molecule has 0 fully saturated rings. The van der Waals surface area contributed by atoms with Gasteiger partial charge in [0.25, 0.3) is 0 Å². The molecule has 0 amide bonds. The normalized spacial score (nSPS) is 10.5.